The van der Waals surface area contributed by atoms with E-state index in [1.165, 1.54) is 0 Å². The Hall–Kier alpha value is -0.280. The van der Waals surface area contributed by atoms with E-state index in [-0.39, 0.29) is 6.10 Å². The fourth-order valence-electron chi connectivity index (χ4n) is 1.47. The van der Waals surface area contributed by atoms with E-state index < -0.39 is 0 Å². The van der Waals surface area contributed by atoms with Crippen molar-refractivity contribution < 1.29 is 5.11 Å². The number of halogens is 2. The van der Waals surface area contributed by atoms with Crippen LogP contribution < -0.4 is 0 Å². The second-order valence-electron chi connectivity index (χ2n) is 3.75. The van der Waals surface area contributed by atoms with Gasteiger partial charge in [0.05, 0.1) is 6.10 Å². The summed E-state index contributed by atoms with van der Waals surface area (Å²) in [6.07, 6.45) is -0.351. The van der Waals surface area contributed by atoms with E-state index in [2.05, 4.69) is 0 Å². The summed E-state index contributed by atoms with van der Waals surface area (Å²) in [5, 5.41) is 10.6. The van der Waals surface area contributed by atoms with Gasteiger partial charge in [-0.05, 0) is 26.1 Å². The van der Waals surface area contributed by atoms with Gasteiger partial charge in [-0.25, -0.2) is 0 Å². The number of hydrogen-bond acceptors (Lipinski definition) is 2. The molecule has 0 aliphatic carbocycles. The van der Waals surface area contributed by atoms with Crippen LogP contribution in [0.4, 0.5) is 0 Å². The average molecular weight is 248 g/mol. The van der Waals surface area contributed by atoms with Gasteiger partial charge in [-0.3, -0.25) is 4.90 Å². The monoisotopic (exact) mass is 247 g/mol. The van der Waals surface area contributed by atoms with Gasteiger partial charge in [0.15, 0.2) is 0 Å². The minimum Gasteiger partial charge on any atom is -0.392 e. The van der Waals surface area contributed by atoms with Crippen LogP contribution in [0.15, 0.2) is 18.2 Å². The predicted octanol–water partition coefficient (Wildman–Crippen LogP) is 2.81. The number of benzene rings is 1. The molecule has 1 aromatic rings. The van der Waals surface area contributed by atoms with Crippen LogP contribution in [-0.4, -0.2) is 29.7 Å². The molecule has 0 aliphatic rings. The van der Waals surface area contributed by atoms with E-state index in [4.69, 9.17) is 23.2 Å². The molecular weight excluding hydrogens is 233 g/mol. The van der Waals surface area contributed by atoms with Crippen molar-refractivity contribution in [3.63, 3.8) is 0 Å². The first-order valence-electron chi connectivity index (χ1n) is 4.80. The van der Waals surface area contributed by atoms with Gasteiger partial charge in [-0.2, -0.15) is 0 Å². The van der Waals surface area contributed by atoms with Gasteiger partial charge in [-0.15, -0.1) is 0 Å². The third kappa shape index (κ3) is 3.99. The summed E-state index contributed by atoms with van der Waals surface area (Å²) in [6.45, 7) is 3.00. The zero-order valence-corrected chi connectivity index (χ0v) is 10.4. The van der Waals surface area contributed by atoms with Crippen molar-refractivity contribution in [2.75, 3.05) is 13.6 Å². The summed E-state index contributed by atoms with van der Waals surface area (Å²) in [6, 6.07) is 5.46. The van der Waals surface area contributed by atoms with Crippen LogP contribution in [0, 0.1) is 0 Å². The third-order valence-electron chi connectivity index (χ3n) is 2.07. The van der Waals surface area contributed by atoms with Gasteiger partial charge in [0, 0.05) is 28.7 Å². The van der Waals surface area contributed by atoms with E-state index in [1.807, 2.05) is 30.1 Å². The molecule has 2 nitrogen and oxygen atoms in total. The summed E-state index contributed by atoms with van der Waals surface area (Å²) < 4.78 is 0. The van der Waals surface area contributed by atoms with Crippen LogP contribution in [0.1, 0.15) is 12.5 Å². The first-order chi connectivity index (χ1) is 7.00. The van der Waals surface area contributed by atoms with Crippen LogP contribution in [0.3, 0.4) is 0 Å². The standard InChI is InChI=1S/C11H15Cl2NO/c1-8(15)6-14(2)7-9-10(12)4-3-5-11(9)13/h3-5,8,15H,6-7H2,1-2H3. The molecule has 0 fully saturated rings. The van der Waals surface area contributed by atoms with Crippen LogP contribution in [0.25, 0.3) is 0 Å². The molecular formula is C11H15Cl2NO. The van der Waals surface area contributed by atoms with Crippen molar-refractivity contribution in [1.82, 2.24) is 4.90 Å². The smallest absolute Gasteiger partial charge is 0.0639 e. The molecule has 0 saturated carbocycles. The van der Waals surface area contributed by atoms with Crippen molar-refractivity contribution in [3.05, 3.63) is 33.8 Å². The van der Waals surface area contributed by atoms with Gasteiger partial charge < -0.3 is 5.11 Å². The van der Waals surface area contributed by atoms with Crippen molar-refractivity contribution in [2.24, 2.45) is 0 Å². The molecule has 1 rings (SSSR count). The van der Waals surface area contributed by atoms with E-state index >= 15 is 0 Å². The molecule has 84 valence electrons. The summed E-state index contributed by atoms with van der Waals surface area (Å²) in [4.78, 5) is 1.98. The minimum absolute atomic E-state index is 0.351. The van der Waals surface area contributed by atoms with Crippen molar-refractivity contribution in [1.29, 1.82) is 0 Å². The van der Waals surface area contributed by atoms with E-state index in [1.54, 1.807) is 6.92 Å². The van der Waals surface area contributed by atoms with Gasteiger partial charge in [0.1, 0.15) is 0 Å². The molecule has 1 aromatic carbocycles. The number of likely N-dealkylation sites (N-methyl/N-ethyl adjacent to an activating group) is 1. The summed E-state index contributed by atoms with van der Waals surface area (Å²) in [7, 11) is 1.92. The quantitative estimate of drug-likeness (QED) is 0.885. The molecule has 0 bridgehead atoms. The normalized spacial score (nSPS) is 13.2. The molecule has 0 amide bonds. The second-order valence-corrected chi connectivity index (χ2v) is 4.56. The Morgan fingerprint density at radius 1 is 1.33 bits per heavy atom. The van der Waals surface area contributed by atoms with E-state index in [0.29, 0.717) is 23.1 Å². The Morgan fingerprint density at radius 3 is 2.33 bits per heavy atom. The lowest BCUT2D eigenvalue weighted by Crippen LogP contribution is -2.26. The number of aliphatic hydroxyl groups is 1. The number of hydrogen-bond donors (Lipinski definition) is 1. The SMILES string of the molecule is CC(O)CN(C)Cc1c(Cl)cccc1Cl. The fraction of sp³-hybridized carbons (Fsp3) is 0.455. The summed E-state index contributed by atoms with van der Waals surface area (Å²) in [5.74, 6) is 0. The van der Waals surface area contributed by atoms with Gasteiger partial charge in [0.2, 0.25) is 0 Å². The van der Waals surface area contributed by atoms with Crippen molar-refractivity contribution in [3.8, 4) is 0 Å². The average Bonchev–Trinajstić information content (AvgIpc) is 2.10. The first kappa shape index (κ1) is 12.8. The van der Waals surface area contributed by atoms with E-state index in [9.17, 15) is 5.11 Å². The van der Waals surface area contributed by atoms with Crippen LogP contribution in [-0.2, 0) is 6.54 Å². The molecule has 1 N–H and O–H groups in total. The van der Waals surface area contributed by atoms with Gasteiger partial charge in [0.25, 0.3) is 0 Å². The lowest BCUT2D eigenvalue weighted by Gasteiger charge is -2.19. The Labute approximate surface area is 100 Å². The van der Waals surface area contributed by atoms with Crippen LogP contribution in [0.5, 0.6) is 0 Å². The zero-order valence-electron chi connectivity index (χ0n) is 8.87. The highest BCUT2D eigenvalue weighted by molar-refractivity contribution is 6.35. The molecule has 0 radical (unpaired) electrons. The van der Waals surface area contributed by atoms with Crippen molar-refractivity contribution >= 4 is 23.2 Å². The first-order valence-corrected chi connectivity index (χ1v) is 5.55. The Balaban J connectivity index is 2.71. The second kappa shape index (κ2) is 5.71. The van der Waals surface area contributed by atoms with E-state index in [0.717, 1.165) is 5.56 Å². The number of aliphatic hydroxyl groups excluding tert-OH is 1. The van der Waals surface area contributed by atoms with Crippen LogP contribution >= 0.6 is 23.2 Å². The fourth-order valence-corrected chi connectivity index (χ4v) is 1.99. The molecule has 0 saturated heterocycles. The van der Waals surface area contributed by atoms with Gasteiger partial charge in [-0.1, -0.05) is 29.3 Å². The Kier molecular flexibility index (Phi) is 4.87. The number of nitrogens with zero attached hydrogens (tertiary/aromatic N) is 1. The van der Waals surface area contributed by atoms with Crippen molar-refractivity contribution in [2.45, 2.75) is 19.6 Å². The maximum Gasteiger partial charge on any atom is 0.0639 e. The van der Waals surface area contributed by atoms with Gasteiger partial charge >= 0.3 is 0 Å². The predicted molar refractivity (Wildman–Crippen MR) is 64.5 cm³/mol. The Morgan fingerprint density at radius 2 is 1.87 bits per heavy atom. The molecule has 0 spiro atoms. The minimum atomic E-state index is -0.351. The molecule has 0 aliphatic heterocycles. The highest BCUT2D eigenvalue weighted by Gasteiger charge is 2.09. The number of rotatable bonds is 4. The largest absolute Gasteiger partial charge is 0.392 e. The topological polar surface area (TPSA) is 23.5 Å². The lowest BCUT2D eigenvalue weighted by atomic mass is 10.2. The summed E-state index contributed by atoms with van der Waals surface area (Å²) >= 11 is 12.1. The third-order valence-corrected chi connectivity index (χ3v) is 2.77. The maximum absolute atomic E-state index is 9.23. The maximum atomic E-state index is 9.23. The molecule has 1 atom stereocenters. The molecule has 0 aromatic heterocycles. The highest BCUT2D eigenvalue weighted by Crippen LogP contribution is 2.25. The summed E-state index contributed by atoms with van der Waals surface area (Å²) in [5.41, 5.74) is 0.906. The van der Waals surface area contributed by atoms with Crippen LogP contribution in [0.2, 0.25) is 10.0 Å². The molecule has 0 heterocycles. The molecule has 1 unspecified atom stereocenters. The zero-order chi connectivity index (χ0) is 11.4. The lowest BCUT2D eigenvalue weighted by molar-refractivity contribution is 0.138. The molecule has 15 heavy (non-hydrogen) atoms. The molecule has 4 heteroatoms. The Bertz CT molecular complexity index is 308. The highest BCUT2D eigenvalue weighted by atomic mass is 35.5.